The van der Waals surface area contributed by atoms with E-state index in [9.17, 15) is 4.39 Å². The summed E-state index contributed by atoms with van der Waals surface area (Å²) in [6.07, 6.45) is 0.809. The Morgan fingerprint density at radius 1 is 1.47 bits per heavy atom. The number of anilines is 1. The fourth-order valence-corrected chi connectivity index (χ4v) is 1.85. The number of nitrogens with zero attached hydrogens (tertiary/aromatic N) is 4. The van der Waals surface area contributed by atoms with Crippen molar-refractivity contribution >= 4 is 5.69 Å². The summed E-state index contributed by atoms with van der Waals surface area (Å²) in [5.74, 6) is 0.0228. The monoisotopic (exact) mass is 265 g/mol. The van der Waals surface area contributed by atoms with E-state index >= 15 is 0 Å². The van der Waals surface area contributed by atoms with Gasteiger partial charge >= 0.3 is 0 Å². The molecule has 1 heterocycles. The molecule has 102 valence electrons. The number of hydrogen-bond acceptors (Lipinski definition) is 5. The van der Waals surface area contributed by atoms with Crippen molar-refractivity contribution in [3.8, 4) is 11.4 Å². The Labute approximate surface area is 110 Å². The van der Waals surface area contributed by atoms with Crippen molar-refractivity contribution in [1.82, 2.24) is 20.2 Å². The van der Waals surface area contributed by atoms with Crippen LogP contribution in [0.25, 0.3) is 11.4 Å². The lowest BCUT2D eigenvalue weighted by Crippen LogP contribution is -2.16. The Balaban J connectivity index is 2.40. The van der Waals surface area contributed by atoms with E-state index in [1.807, 2.05) is 6.92 Å². The number of hydrogen-bond donors (Lipinski definition) is 1. The van der Waals surface area contributed by atoms with Gasteiger partial charge in [0.1, 0.15) is 5.82 Å². The van der Waals surface area contributed by atoms with Crippen LogP contribution in [0.15, 0.2) is 18.2 Å². The number of ether oxygens (including phenoxy) is 1. The number of rotatable bonds is 5. The molecule has 1 aromatic heterocycles. The van der Waals surface area contributed by atoms with Crippen molar-refractivity contribution in [2.24, 2.45) is 0 Å². The van der Waals surface area contributed by atoms with Crippen LogP contribution in [0.4, 0.5) is 10.1 Å². The minimum atomic E-state index is -0.480. The number of nitrogens with two attached hydrogens (primary N) is 1. The third-order valence-electron chi connectivity index (χ3n) is 2.93. The maximum absolute atomic E-state index is 13.5. The Bertz CT molecular complexity index is 557. The van der Waals surface area contributed by atoms with Gasteiger partial charge in [0.2, 0.25) is 0 Å². The molecule has 1 atom stereocenters. The molecule has 0 spiro atoms. The van der Waals surface area contributed by atoms with E-state index in [1.165, 1.54) is 12.1 Å². The van der Waals surface area contributed by atoms with Crippen LogP contribution in [-0.4, -0.2) is 33.9 Å². The van der Waals surface area contributed by atoms with Crippen molar-refractivity contribution < 1.29 is 9.13 Å². The van der Waals surface area contributed by atoms with Crippen molar-refractivity contribution in [3.63, 3.8) is 0 Å². The highest BCUT2D eigenvalue weighted by atomic mass is 19.1. The summed E-state index contributed by atoms with van der Waals surface area (Å²) in [6, 6.07) is 4.54. The molecule has 0 amide bonds. The maximum atomic E-state index is 13.5. The van der Waals surface area contributed by atoms with Gasteiger partial charge in [-0.05, 0) is 35.0 Å². The molecule has 2 rings (SSSR count). The predicted octanol–water partition coefficient (Wildman–Crippen LogP) is 1.66. The van der Waals surface area contributed by atoms with Gasteiger partial charge in [-0.15, -0.1) is 5.10 Å². The van der Waals surface area contributed by atoms with Gasteiger partial charge in [-0.3, -0.25) is 0 Å². The van der Waals surface area contributed by atoms with Crippen molar-refractivity contribution in [3.05, 3.63) is 24.0 Å². The molecular weight excluding hydrogens is 249 g/mol. The highest BCUT2D eigenvalue weighted by molar-refractivity contribution is 5.59. The number of halogens is 1. The van der Waals surface area contributed by atoms with Gasteiger partial charge in [-0.1, -0.05) is 6.92 Å². The van der Waals surface area contributed by atoms with E-state index in [0.717, 1.165) is 6.42 Å². The zero-order chi connectivity index (χ0) is 13.8. The molecule has 2 N–H and O–H groups in total. The first-order chi connectivity index (χ1) is 9.17. The van der Waals surface area contributed by atoms with Gasteiger partial charge in [0, 0.05) is 12.7 Å². The lowest BCUT2D eigenvalue weighted by atomic mass is 10.1. The van der Waals surface area contributed by atoms with E-state index in [4.69, 9.17) is 10.5 Å². The quantitative estimate of drug-likeness (QED) is 0.832. The molecule has 7 heteroatoms. The Morgan fingerprint density at radius 2 is 2.26 bits per heavy atom. The molecule has 0 radical (unpaired) electrons. The van der Waals surface area contributed by atoms with Crippen LogP contribution in [0.5, 0.6) is 0 Å². The molecule has 0 saturated carbocycles. The largest absolute Gasteiger partial charge is 0.396 e. The van der Waals surface area contributed by atoms with Gasteiger partial charge in [0.05, 0.1) is 18.3 Å². The lowest BCUT2D eigenvalue weighted by Gasteiger charge is -2.15. The summed E-state index contributed by atoms with van der Waals surface area (Å²) in [7, 11) is 1.62. The normalized spacial score (nSPS) is 12.6. The average molecular weight is 265 g/mol. The third-order valence-corrected chi connectivity index (χ3v) is 2.93. The van der Waals surface area contributed by atoms with E-state index in [-0.39, 0.29) is 11.7 Å². The zero-order valence-corrected chi connectivity index (χ0v) is 10.9. The summed E-state index contributed by atoms with van der Waals surface area (Å²) in [4.78, 5) is 0. The highest BCUT2D eigenvalue weighted by Crippen LogP contribution is 2.23. The summed E-state index contributed by atoms with van der Waals surface area (Å²) < 4.78 is 20.3. The summed E-state index contributed by atoms with van der Waals surface area (Å²) in [5, 5.41) is 11.6. The lowest BCUT2D eigenvalue weighted by molar-refractivity contribution is 0.147. The Kier molecular flexibility index (Phi) is 4.06. The third kappa shape index (κ3) is 2.70. The van der Waals surface area contributed by atoms with Crippen LogP contribution >= 0.6 is 0 Å². The predicted molar refractivity (Wildman–Crippen MR) is 68.8 cm³/mol. The second kappa shape index (κ2) is 5.75. The number of benzene rings is 1. The zero-order valence-electron chi connectivity index (χ0n) is 10.9. The molecule has 0 fully saturated rings. The van der Waals surface area contributed by atoms with Crippen LogP contribution in [0, 0.1) is 5.82 Å². The Morgan fingerprint density at radius 3 is 2.89 bits per heavy atom. The molecule has 0 bridgehead atoms. The molecule has 0 aliphatic heterocycles. The molecule has 6 nitrogen and oxygen atoms in total. The average Bonchev–Trinajstić information content (AvgIpc) is 2.88. The van der Waals surface area contributed by atoms with Gasteiger partial charge in [0.25, 0.3) is 0 Å². The molecule has 0 aliphatic rings. The second-order valence-corrected chi connectivity index (χ2v) is 4.20. The number of tetrazole rings is 1. The van der Waals surface area contributed by atoms with Crippen molar-refractivity contribution in [1.29, 1.82) is 0 Å². The summed E-state index contributed by atoms with van der Waals surface area (Å²) in [6.45, 7) is 2.50. The fourth-order valence-electron chi connectivity index (χ4n) is 1.85. The van der Waals surface area contributed by atoms with Gasteiger partial charge < -0.3 is 10.5 Å². The molecule has 19 heavy (non-hydrogen) atoms. The number of methoxy groups -OCH3 is 1. The van der Waals surface area contributed by atoms with Gasteiger partial charge in [-0.2, -0.15) is 0 Å². The molecule has 1 unspecified atom stereocenters. The molecule has 0 aliphatic carbocycles. The van der Waals surface area contributed by atoms with E-state index in [2.05, 4.69) is 15.5 Å². The SMILES string of the molecule is CCC(COC)n1nnnc1-c1ccc(N)c(F)c1. The van der Waals surface area contributed by atoms with Crippen molar-refractivity contribution in [2.75, 3.05) is 19.5 Å². The fraction of sp³-hybridized carbons (Fsp3) is 0.417. The van der Waals surface area contributed by atoms with E-state index < -0.39 is 5.82 Å². The van der Waals surface area contributed by atoms with Crippen LogP contribution < -0.4 is 5.73 Å². The minimum absolute atomic E-state index is 0.00983. The van der Waals surface area contributed by atoms with Crippen molar-refractivity contribution in [2.45, 2.75) is 19.4 Å². The highest BCUT2D eigenvalue weighted by Gasteiger charge is 2.17. The van der Waals surface area contributed by atoms with Crippen LogP contribution in [0.1, 0.15) is 19.4 Å². The summed E-state index contributed by atoms with van der Waals surface area (Å²) >= 11 is 0. The van der Waals surface area contributed by atoms with E-state index in [1.54, 1.807) is 17.9 Å². The number of nitrogen functional groups attached to an aromatic ring is 1. The first-order valence-electron chi connectivity index (χ1n) is 5.99. The minimum Gasteiger partial charge on any atom is -0.396 e. The molecule has 1 aromatic carbocycles. The second-order valence-electron chi connectivity index (χ2n) is 4.20. The van der Waals surface area contributed by atoms with Crippen LogP contribution in [0.3, 0.4) is 0 Å². The van der Waals surface area contributed by atoms with Gasteiger partial charge in [-0.25, -0.2) is 9.07 Å². The molecular formula is C12H16FN5O. The first kappa shape index (κ1) is 13.4. The first-order valence-corrected chi connectivity index (χ1v) is 5.99. The molecule has 0 saturated heterocycles. The number of aromatic nitrogens is 4. The topological polar surface area (TPSA) is 78.8 Å². The van der Waals surface area contributed by atoms with E-state index in [0.29, 0.717) is 18.0 Å². The Hall–Kier alpha value is -2.02. The standard InChI is InChI=1S/C12H16FN5O/c1-3-9(7-19-2)18-12(15-16-17-18)8-4-5-11(14)10(13)6-8/h4-6,9H,3,7,14H2,1-2H3. The smallest absolute Gasteiger partial charge is 0.182 e. The van der Waals surface area contributed by atoms with Gasteiger partial charge in [0.15, 0.2) is 5.82 Å². The maximum Gasteiger partial charge on any atom is 0.182 e. The van der Waals surface area contributed by atoms with Crippen LogP contribution in [0.2, 0.25) is 0 Å². The summed E-state index contributed by atoms with van der Waals surface area (Å²) in [5.41, 5.74) is 6.15. The molecule has 2 aromatic rings. The van der Waals surface area contributed by atoms with Crippen LogP contribution in [-0.2, 0) is 4.74 Å².